The first-order valence-electron chi connectivity index (χ1n) is 8.56. The van der Waals surface area contributed by atoms with Gasteiger partial charge in [-0.15, -0.1) is 0 Å². The number of amides is 1. The van der Waals surface area contributed by atoms with Crippen LogP contribution in [0.5, 0.6) is 11.6 Å². The molecule has 0 saturated carbocycles. The Morgan fingerprint density at radius 2 is 2.07 bits per heavy atom. The number of nitrogens with zero attached hydrogens (tertiary/aromatic N) is 3. The second-order valence-corrected chi connectivity index (χ2v) is 5.70. The first-order chi connectivity index (χ1) is 14.0. The Kier molecular flexibility index (Phi) is 5.83. The highest BCUT2D eigenvalue weighted by Crippen LogP contribution is 2.18. The second kappa shape index (κ2) is 8.65. The average molecular weight is 395 g/mol. The van der Waals surface area contributed by atoms with Gasteiger partial charge in [0.25, 0.3) is 11.5 Å². The first kappa shape index (κ1) is 19.5. The number of rotatable bonds is 6. The van der Waals surface area contributed by atoms with E-state index in [9.17, 15) is 19.5 Å². The molecule has 10 nitrogen and oxygen atoms in total. The van der Waals surface area contributed by atoms with Gasteiger partial charge in [-0.1, -0.05) is 0 Å². The molecule has 0 aliphatic rings. The molecule has 3 rings (SSSR count). The number of aromatic nitrogens is 3. The number of hydrazone groups is 1. The van der Waals surface area contributed by atoms with E-state index in [2.05, 4.69) is 20.5 Å². The largest absolute Gasteiger partial charge is 0.494 e. The molecule has 0 radical (unpaired) electrons. The zero-order valence-corrected chi connectivity index (χ0v) is 15.3. The van der Waals surface area contributed by atoms with Gasteiger partial charge >= 0.3 is 5.69 Å². The Morgan fingerprint density at radius 3 is 2.72 bits per heavy atom. The van der Waals surface area contributed by atoms with Crippen molar-refractivity contribution in [2.45, 2.75) is 6.92 Å². The molecule has 148 valence electrons. The van der Waals surface area contributed by atoms with E-state index in [0.29, 0.717) is 18.0 Å². The summed E-state index contributed by atoms with van der Waals surface area (Å²) >= 11 is 0. The summed E-state index contributed by atoms with van der Waals surface area (Å²) in [7, 11) is 0. The van der Waals surface area contributed by atoms with Crippen LogP contribution in [0, 0.1) is 0 Å². The van der Waals surface area contributed by atoms with Crippen LogP contribution in [-0.4, -0.2) is 38.4 Å². The van der Waals surface area contributed by atoms with Crippen molar-refractivity contribution in [1.82, 2.24) is 20.0 Å². The SMILES string of the molecule is CCOc1ccc(-n2c(O)c(/C=N/NC(=O)c3cccnc3)c(=O)[nH]c2=O)cc1. The minimum atomic E-state index is -0.853. The van der Waals surface area contributed by atoms with Crippen molar-refractivity contribution in [3.8, 4) is 17.3 Å². The van der Waals surface area contributed by atoms with Gasteiger partial charge in [0.2, 0.25) is 5.88 Å². The fourth-order valence-corrected chi connectivity index (χ4v) is 2.47. The third-order valence-corrected chi connectivity index (χ3v) is 3.81. The van der Waals surface area contributed by atoms with Gasteiger partial charge in [-0.2, -0.15) is 5.10 Å². The van der Waals surface area contributed by atoms with E-state index in [1.54, 1.807) is 30.3 Å². The molecule has 0 saturated heterocycles. The maximum atomic E-state index is 12.2. The van der Waals surface area contributed by atoms with E-state index >= 15 is 0 Å². The number of nitrogens with one attached hydrogen (secondary N) is 2. The van der Waals surface area contributed by atoms with Crippen LogP contribution in [0.4, 0.5) is 0 Å². The lowest BCUT2D eigenvalue weighted by atomic mass is 10.2. The lowest BCUT2D eigenvalue weighted by Gasteiger charge is -2.10. The zero-order valence-electron chi connectivity index (χ0n) is 15.3. The normalized spacial score (nSPS) is 10.8. The number of aromatic hydroxyl groups is 1. The maximum absolute atomic E-state index is 12.2. The van der Waals surface area contributed by atoms with Gasteiger partial charge in [0, 0.05) is 12.4 Å². The molecule has 29 heavy (non-hydrogen) atoms. The number of hydrogen-bond acceptors (Lipinski definition) is 7. The minimum absolute atomic E-state index is 0.266. The lowest BCUT2D eigenvalue weighted by Crippen LogP contribution is -2.31. The number of H-pyrrole nitrogens is 1. The fourth-order valence-electron chi connectivity index (χ4n) is 2.47. The highest BCUT2D eigenvalue weighted by Gasteiger charge is 2.14. The lowest BCUT2D eigenvalue weighted by molar-refractivity contribution is 0.0954. The van der Waals surface area contributed by atoms with Crippen LogP contribution in [0.15, 0.2) is 63.5 Å². The molecular formula is C19H17N5O5. The Labute approximate surface area is 164 Å². The van der Waals surface area contributed by atoms with E-state index in [4.69, 9.17) is 4.74 Å². The minimum Gasteiger partial charge on any atom is -0.494 e. The number of pyridine rings is 1. The number of carbonyl (C=O) groups is 1. The monoisotopic (exact) mass is 395 g/mol. The summed E-state index contributed by atoms with van der Waals surface area (Å²) < 4.78 is 6.24. The molecule has 0 bridgehead atoms. The molecule has 0 aliphatic carbocycles. The van der Waals surface area contributed by atoms with Crippen molar-refractivity contribution < 1.29 is 14.6 Å². The summed E-state index contributed by atoms with van der Waals surface area (Å²) in [5.74, 6) is -0.583. The third-order valence-electron chi connectivity index (χ3n) is 3.81. The number of benzene rings is 1. The molecule has 0 atom stereocenters. The molecule has 0 aliphatic heterocycles. The predicted molar refractivity (Wildman–Crippen MR) is 105 cm³/mol. The molecular weight excluding hydrogens is 378 g/mol. The van der Waals surface area contributed by atoms with Crippen molar-refractivity contribution in [3.63, 3.8) is 0 Å². The summed E-state index contributed by atoms with van der Waals surface area (Å²) in [6.07, 6.45) is 3.82. The number of aromatic amines is 1. The van der Waals surface area contributed by atoms with Crippen molar-refractivity contribution in [3.05, 3.63) is 80.8 Å². The molecule has 2 aromatic heterocycles. The predicted octanol–water partition coefficient (Wildman–Crippen LogP) is 0.789. The molecule has 10 heteroatoms. The van der Waals surface area contributed by atoms with Gasteiger partial charge in [0.15, 0.2) is 0 Å². The van der Waals surface area contributed by atoms with Gasteiger partial charge in [-0.3, -0.25) is 19.6 Å². The number of carbonyl (C=O) groups excluding carboxylic acids is 1. The number of ether oxygens (including phenoxy) is 1. The molecule has 1 aromatic carbocycles. The van der Waals surface area contributed by atoms with Gasteiger partial charge in [-0.05, 0) is 43.3 Å². The second-order valence-electron chi connectivity index (χ2n) is 5.70. The molecule has 0 unspecified atom stereocenters. The van der Waals surface area contributed by atoms with E-state index in [-0.39, 0.29) is 11.1 Å². The van der Waals surface area contributed by atoms with Gasteiger partial charge in [0.05, 0.1) is 24.1 Å². The van der Waals surface area contributed by atoms with E-state index in [1.807, 2.05) is 6.92 Å². The van der Waals surface area contributed by atoms with Crippen LogP contribution in [0.1, 0.15) is 22.8 Å². The van der Waals surface area contributed by atoms with Gasteiger partial charge < -0.3 is 9.84 Å². The van der Waals surface area contributed by atoms with E-state index in [1.165, 1.54) is 18.5 Å². The van der Waals surface area contributed by atoms with Crippen LogP contribution in [0.3, 0.4) is 0 Å². The summed E-state index contributed by atoms with van der Waals surface area (Å²) in [6, 6.07) is 9.47. The van der Waals surface area contributed by atoms with Gasteiger partial charge in [0.1, 0.15) is 11.3 Å². The van der Waals surface area contributed by atoms with Crippen LogP contribution in [-0.2, 0) is 0 Å². The Bertz CT molecular complexity index is 1150. The molecule has 3 aromatic rings. The smallest absolute Gasteiger partial charge is 0.335 e. The average Bonchev–Trinajstić information content (AvgIpc) is 2.72. The van der Waals surface area contributed by atoms with Crippen molar-refractivity contribution in [2.75, 3.05) is 6.61 Å². The van der Waals surface area contributed by atoms with Crippen LogP contribution >= 0.6 is 0 Å². The molecule has 0 fully saturated rings. The third kappa shape index (κ3) is 4.38. The quantitative estimate of drug-likeness (QED) is 0.417. The molecule has 3 N–H and O–H groups in total. The van der Waals surface area contributed by atoms with Crippen molar-refractivity contribution in [2.24, 2.45) is 5.10 Å². The van der Waals surface area contributed by atoms with Gasteiger partial charge in [-0.25, -0.2) is 14.8 Å². The summed E-state index contributed by atoms with van der Waals surface area (Å²) in [4.78, 5) is 42.1. The van der Waals surface area contributed by atoms with Crippen LogP contribution < -0.4 is 21.4 Å². The molecule has 1 amide bonds. The highest BCUT2D eigenvalue weighted by molar-refractivity contribution is 5.94. The summed E-state index contributed by atoms with van der Waals surface area (Å²) in [6.45, 7) is 2.32. The van der Waals surface area contributed by atoms with Crippen molar-refractivity contribution in [1.29, 1.82) is 0 Å². The zero-order chi connectivity index (χ0) is 20.8. The van der Waals surface area contributed by atoms with Crippen molar-refractivity contribution >= 4 is 12.1 Å². The Morgan fingerprint density at radius 1 is 1.31 bits per heavy atom. The summed E-state index contributed by atoms with van der Waals surface area (Å²) in [5, 5.41) is 14.1. The van der Waals surface area contributed by atoms with E-state index < -0.39 is 23.0 Å². The van der Waals surface area contributed by atoms with Crippen LogP contribution in [0.25, 0.3) is 5.69 Å². The topological polar surface area (TPSA) is 139 Å². The first-order valence-corrected chi connectivity index (χ1v) is 8.56. The maximum Gasteiger partial charge on any atom is 0.335 e. The molecule has 2 heterocycles. The molecule has 0 spiro atoms. The highest BCUT2D eigenvalue weighted by atomic mass is 16.5. The van der Waals surface area contributed by atoms with Crippen LogP contribution in [0.2, 0.25) is 0 Å². The Balaban J connectivity index is 1.90. The standard InChI is InChI=1S/C19H17N5O5/c1-2-29-14-7-5-13(6-8-14)24-18(27)15(17(26)22-19(24)28)11-21-23-16(25)12-4-3-9-20-10-12/h3-11,27H,2H2,1H3,(H,23,25)(H,22,26,28)/b21-11+. The van der Waals surface area contributed by atoms with E-state index in [0.717, 1.165) is 10.8 Å². The number of hydrogen-bond donors (Lipinski definition) is 3. The Hall–Kier alpha value is -4.21. The summed E-state index contributed by atoms with van der Waals surface area (Å²) in [5.41, 5.74) is 0.813. The fraction of sp³-hybridized carbons (Fsp3) is 0.105.